The first-order chi connectivity index (χ1) is 6.68. The molecular weight excluding hydrogens is 188 g/mol. The van der Waals surface area contributed by atoms with E-state index < -0.39 is 11.1 Å². The summed E-state index contributed by atoms with van der Waals surface area (Å²) in [5.74, 6) is 0. The van der Waals surface area contributed by atoms with E-state index in [1.165, 1.54) is 0 Å². The fourth-order valence-corrected chi connectivity index (χ4v) is 0.815. The summed E-state index contributed by atoms with van der Waals surface area (Å²) in [6, 6.07) is 8.83. The maximum atomic E-state index is 10.6. The fraction of sp³-hybridized carbons (Fsp3) is 0.125. The predicted octanol–water partition coefficient (Wildman–Crippen LogP) is 1.12. The van der Waals surface area contributed by atoms with Crippen molar-refractivity contribution in [3.63, 3.8) is 0 Å². The van der Waals surface area contributed by atoms with Gasteiger partial charge in [-0.2, -0.15) is 0 Å². The summed E-state index contributed by atoms with van der Waals surface area (Å²) in [6.07, 6.45) is -1.20. The van der Waals surface area contributed by atoms with Gasteiger partial charge in [0.05, 0.1) is 0 Å². The molecule has 1 radical (unpaired) electrons. The molecule has 0 spiro atoms. The molecular formula is C8H7N2O4. The average molecular weight is 195 g/mol. The molecule has 0 saturated carbocycles. The van der Waals surface area contributed by atoms with Crippen molar-refractivity contribution >= 4 is 6.09 Å². The van der Waals surface area contributed by atoms with Crippen LogP contribution in [0.1, 0.15) is 5.56 Å². The maximum absolute atomic E-state index is 10.6. The minimum atomic E-state index is -1.20. The van der Waals surface area contributed by atoms with E-state index in [1.807, 2.05) is 6.07 Å². The molecule has 0 unspecified atom stereocenters. The van der Waals surface area contributed by atoms with Gasteiger partial charge >= 0.3 is 6.09 Å². The number of nitro groups is 1. The molecule has 0 aromatic heterocycles. The molecule has 14 heavy (non-hydrogen) atoms. The van der Waals surface area contributed by atoms with Crippen LogP contribution >= 0.6 is 0 Å². The van der Waals surface area contributed by atoms with Crippen molar-refractivity contribution < 1.29 is 14.6 Å². The highest BCUT2D eigenvalue weighted by Gasteiger charge is 2.12. The van der Waals surface area contributed by atoms with Crippen LogP contribution in [0, 0.1) is 10.1 Å². The first-order valence-corrected chi connectivity index (χ1v) is 3.75. The Morgan fingerprint density at radius 1 is 1.43 bits per heavy atom. The topological polar surface area (TPSA) is 83.5 Å². The Morgan fingerprint density at radius 3 is 2.64 bits per heavy atom. The molecule has 0 bridgehead atoms. The van der Waals surface area contributed by atoms with E-state index >= 15 is 0 Å². The zero-order valence-corrected chi connectivity index (χ0v) is 7.12. The normalized spacial score (nSPS) is 9.14. The number of nitrogens with zero attached hydrogens (tertiary/aromatic N) is 2. The summed E-state index contributed by atoms with van der Waals surface area (Å²) in [7, 11) is 0. The van der Waals surface area contributed by atoms with E-state index in [9.17, 15) is 14.9 Å². The summed E-state index contributed by atoms with van der Waals surface area (Å²) in [6.45, 7) is -0.0169. The lowest BCUT2D eigenvalue weighted by molar-refractivity contribution is -0.535. The molecule has 73 valence electrons. The lowest BCUT2D eigenvalue weighted by Gasteiger charge is -1.99. The number of hydrogen-bond donors (Lipinski definition) is 0. The average Bonchev–Trinajstić information content (AvgIpc) is 2.15. The van der Waals surface area contributed by atoms with Crippen molar-refractivity contribution in [2.45, 2.75) is 6.61 Å². The van der Waals surface area contributed by atoms with Gasteiger partial charge in [-0.15, -0.1) is 0 Å². The van der Waals surface area contributed by atoms with E-state index in [0.29, 0.717) is 0 Å². The van der Waals surface area contributed by atoms with Crippen LogP contribution in [-0.2, 0) is 11.3 Å². The molecule has 6 nitrogen and oxygen atoms in total. The monoisotopic (exact) mass is 195 g/mol. The Hall–Kier alpha value is -2.11. The van der Waals surface area contributed by atoms with Gasteiger partial charge in [0.1, 0.15) is 6.61 Å². The van der Waals surface area contributed by atoms with Crippen LogP contribution < -0.4 is 5.43 Å². The molecule has 0 atom stereocenters. The van der Waals surface area contributed by atoms with Crippen molar-refractivity contribution in [1.82, 2.24) is 5.43 Å². The highest BCUT2D eigenvalue weighted by Crippen LogP contribution is 2.00. The second-order valence-electron chi connectivity index (χ2n) is 2.38. The highest BCUT2D eigenvalue weighted by atomic mass is 16.7. The van der Waals surface area contributed by atoms with Crippen molar-refractivity contribution in [3.05, 3.63) is 46.0 Å². The second kappa shape index (κ2) is 4.80. The zero-order chi connectivity index (χ0) is 10.4. The van der Waals surface area contributed by atoms with E-state index in [-0.39, 0.29) is 6.61 Å². The summed E-state index contributed by atoms with van der Waals surface area (Å²) in [5, 5.41) is 8.67. The standard InChI is InChI=1S/C8H7N2O4/c11-8(9-10(12)13)14-6-7-4-2-1-3-5-7/h1-5H,6H2. The number of hydrogen-bond acceptors (Lipinski definition) is 4. The molecule has 0 fully saturated rings. The first kappa shape index (κ1) is 9.97. The molecule has 0 heterocycles. The number of carbonyl (C=O) groups is 1. The Balaban J connectivity index is 2.34. The lowest BCUT2D eigenvalue weighted by atomic mass is 10.2. The van der Waals surface area contributed by atoms with Crippen molar-refractivity contribution in [3.8, 4) is 0 Å². The van der Waals surface area contributed by atoms with Crippen LogP contribution in [0.3, 0.4) is 0 Å². The molecule has 1 aromatic rings. The van der Waals surface area contributed by atoms with Gasteiger partial charge in [0.25, 0.3) is 0 Å². The van der Waals surface area contributed by atoms with Crippen LogP contribution in [-0.4, -0.2) is 11.1 Å². The molecule has 1 rings (SSSR count). The molecule has 1 aromatic carbocycles. The SMILES string of the molecule is O=C([N][N+](=O)[O-])OCc1ccccc1. The van der Waals surface area contributed by atoms with Crippen LogP contribution in [0.4, 0.5) is 4.79 Å². The molecule has 0 aliphatic rings. The Morgan fingerprint density at radius 2 is 2.07 bits per heavy atom. The molecule has 0 saturated heterocycles. The summed E-state index contributed by atoms with van der Waals surface area (Å²) in [4.78, 5) is 20.4. The van der Waals surface area contributed by atoms with Gasteiger partial charge in [-0.3, -0.25) is 0 Å². The lowest BCUT2D eigenvalue weighted by Crippen LogP contribution is -2.22. The smallest absolute Gasteiger partial charge is 0.439 e. The van der Waals surface area contributed by atoms with Gasteiger partial charge in [-0.1, -0.05) is 30.3 Å². The van der Waals surface area contributed by atoms with Gasteiger partial charge in [-0.25, -0.2) is 14.9 Å². The first-order valence-electron chi connectivity index (χ1n) is 3.75. The Labute approximate surface area is 79.6 Å². The molecule has 0 aliphatic heterocycles. The largest absolute Gasteiger partial charge is 0.497 e. The number of amides is 1. The van der Waals surface area contributed by atoms with E-state index in [2.05, 4.69) is 10.2 Å². The maximum Gasteiger partial charge on any atom is 0.497 e. The van der Waals surface area contributed by atoms with E-state index in [4.69, 9.17) is 0 Å². The summed E-state index contributed by atoms with van der Waals surface area (Å²) < 4.78 is 4.49. The van der Waals surface area contributed by atoms with Crippen molar-refractivity contribution in [1.29, 1.82) is 0 Å². The van der Waals surface area contributed by atoms with E-state index in [1.54, 1.807) is 24.3 Å². The third-order valence-electron chi connectivity index (χ3n) is 1.37. The zero-order valence-electron chi connectivity index (χ0n) is 7.12. The second-order valence-corrected chi connectivity index (χ2v) is 2.38. The Kier molecular flexibility index (Phi) is 3.42. The molecule has 6 heteroatoms. The quantitative estimate of drug-likeness (QED) is 0.534. The number of rotatable bonds is 3. The van der Waals surface area contributed by atoms with Gasteiger partial charge in [0.15, 0.2) is 10.5 Å². The van der Waals surface area contributed by atoms with Gasteiger partial charge in [-0.05, 0) is 5.56 Å². The van der Waals surface area contributed by atoms with E-state index in [0.717, 1.165) is 5.56 Å². The van der Waals surface area contributed by atoms with Crippen LogP contribution in [0.25, 0.3) is 0 Å². The predicted molar refractivity (Wildman–Crippen MR) is 45.8 cm³/mol. The van der Waals surface area contributed by atoms with Gasteiger partial charge in [0.2, 0.25) is 0 Å². The highest BCUT2D eigenvalue weighted by molar-refractivity contribution is 5.65. The third-order valence-corrected chi connectivity index (χ3v) is 1.37. The van der Waals surface area contributed by atoms with Crippen LogP contribution in [0.5, 0.6) is 0 Å². The minimum Gasteiger partial charge on any atom is -0.439 e. The summed E-state index contributed by atoms with van der Waals surface area (Å²) in [5.41, 5.74) is 3.20. The van der Waals surface area contributed by atoms with Crippen molar-refractivity contribution in [2.75, 3.05) is 0 Å². The number of carbonyl (C=O) groups excluding carboxylic acids is 1. The Bertz CT molecular complexity index is 325. The molecule has 0 aliphatic carbocycles. The molecule has 0 N–H and O–H groups in total. The third kappa shape index (κ3) is 3.53. The van der Waals surface area contributed by atoms with Crippen molar-refractivity contribution in [2.24, 2.45) is 0 Å². The summed E-state index contributed by atoms with van der Waals surface area (Å²) >= 11 is 0. The van der Waals surface area contributed by atoms with Crippen LogP contribution in [0.2, 0.25) is 0 Å². The fourth-order valence-electron chi connectivity index (χ4n) is 0.815. The van der Waals surface area contributed by atoms with Crippen LogP contribution in [0.15, 0.2) is 30.3 Å². The van der Waals surface area contributed by atoms with Gasteiger partial charge < -0.3 is 4.74 Å². The minimum absolute atomic E-state index is 0.0169. The van der Waals surface area contributed by atoms with Gasteiger partial charge in [0, 0.05) is 0 Å². The molecule has 1 amide bonds. The number of ether oxygens (including phenoxy) is 1. The number of benzene rings is 1.